The number of hydrogen-bond donors (Lipinski definition) is 1. The lowest BCUT2D eigenvalue weighted by atomic mass is 10.0. The SMILES string of the molecule is COc1cc(F)c(N2CC(C)N(C(=O)CN=[N+]=[N-])C(C)C2)c2c(=O)c(C(=O)NCc3ccc(Cl)cc3Cl)cn(CC(F)(F)F)c12. The summed E-state index contributed by atoms with van der Waals surface area (Å²) in [5, 5.41) is 5.84. The molecule has 2 unspecified atom stereocenters. The molecule has 2 heterocycles. The molecular formula is C28H27Cl2F4N7O4. The van der Waals surface area contributed by atoms with Crippen molar-refractivity contribution in [2.24, 2.45) is 5.11 Å². The molecule has 1 saturated heterocycles. The van der Waals surface area contributed by atoms with Gasteiger partial charge in [0.25, 0.3) is 5.91 Å². The second-order valence-corrected chi connectivity index (χ2v) is 11.3. The fourth-order valence-electron chi connectivity index (χ4n) is 5.57. The molecule has 45 heavy (non-hydrogen) atoms. The van der Waals surface area contributed by atoms with Gasteiger partial charge < -0.3 is 24.4 Å². The molecule has 240 valence electrons. The first-order valence-electron chi connectivity index (χ1n) is 13.5. The van der Waals surface area contributed by atoms with E-state index < -0.39 is 65.4 Å². The van der Waals surface area contributed by atoms with Crippen LogP contribution in [0.1, 0.15) is 29.8 Å². The van der Waals surface area contributed by atoms with Crippen molar-refractivity contribution < 1.29 is 31.9 Å². The van der Waals surface area contributed by atoms with E-state index in [-0.39, 0.29) is 41.6 Å². The summed E-state index contributed by atoms with van der Waals surface area (Å²) in [6.07, 6.45) is -4.04. The molecule has 2 aromatic carbocycles. The van der Waals surface area contributed by atoms with Crippen LogP contribution < -0.4 is 20.4 Å². The monoisotopic (exact) mass is 671 g/mol. The summed E-state index contributed by atoms with van der Waals surface area (Å²) < 4.78 is 63.2. The van der Waals surface area contributed by atoms with E-state index in [1.807, 2.05) is 0 Å². The Morgan fingerprint density at radius 3 is 2.42 bits per heavy atom. The van der Waals surface area contributed by atoms with Crippen molar-refractivity contribution in [1.29, 1.82) is 0 Å². The van der Waals surface area contributed by atoms with Crippen LogP contribution in [-0.4, -0.2) is 66.3 Å². The second-order valence-electron chi connectivity index (χ2n) is 10.5. The van der Waals surface area contributed by atoms with Gasteiger partial charge in [0.1, 0.15) is 24.4 Å². The van der Waals surface area contributed by atoms with Gasteiger partial charge in [0.15, 0.2) is 5.82 Å². The first-order valence-corrected chi connectivity index (χ1v) is 14.2. The average Bonchev–Trinajstić information content (AvgIpc) is 2.95. The molecule has 2 amide bonds. The molecule has 2 atom stereocenters. The quantitative estimate of drug-likeness (QED) is 0.142. The summed E-state index contributed by atoms with van der Waals surface area (Å²) in [7, 11) is 1.12. The number of benzene rings is 2. The molecular weight excluding hydrogens is 645 g/mol. The first kappa shape index (κ1) is 33.7. The fourth-order valence-corrected chi connectivity index (χ4v) is 6.05. The van der Waals surface area contributed by atoms with Crippen LogP contribution >= 0.6 is 23.2 Å². The molecule has 1 aromatic heterocycles. The zero-order valence-electron chi connectivity index (χ0n) is 24.2. The number of alkyl halides is 3. The molecule has 1 aliphatic rings. The number of carbonyl (C=O) groups is 2. The first-order chi connectivity index (χ1) is 21.2. The van der Waals surface area contributed by atoms with Gasteiger partial charge in [-0.05, 0) is 37.1 Å². The number of carbonyl (C=O) groups excluding carboxylic acids is 2. The van der Waals surface area contributed by atoms with Gasteiger partial charge in [-0.1, -0.05) is 34.4 Å². The molecule has 0 bridgehead atoms. The van der Waals surface area contributed by atoms with Crippen LogP contribution in [0.3, 0.4) is 0 Å². The van der Waals surface area contributed by atoms with Crippen LogP contribution in [0.15, 0.2) is 40.4 Å². The third-order valence-corrected chi connectivity index (χ3v) is 7.88. The summed E-state index contributed by atoms with van der Waals surface area (Å²) in [6.45, 7) is 0.997. The number of pyridine rings is 1. The number of fused-ring (bicyclic) bond motifs is 1. The van der Waals surface area contributed by atoms with Crippen LogP contribution in [0.4, 0.5) is 23.2 Å². The second kappa shape index (κ2) is 13.4. The van der Waals surface area contributed by atoms with Crippen LogP contribution in [-0.2, 0) is 17.9 Å². The Balaban J connectivity index is 1.87. The molecule has 11 nitrogen and oxygen atoms in total. The lowest BCUT2D eigenvalue weighted by Gasteiger charge is -2.45. The van der Waals surface area contributed by atoms with Crippen molar-refractivity contribution >= 4 is 51.6 Å². The van der Waals surface area contributed by atoms with Crippen molar-refractivity contribution in [1.82, 2.24) is 14.8 Å². The average molecular weight is 672 g/mol. The van der Waals surface area contributed by atoms with Crippen LogP contribution in [0.2, 0.25) is 10.0 Å². The molecule has 1 fully saturated rings. The largest absolute Gasteiger partial charge is 0.494 e. The van der Waals surface area contributed by atoms with Gasteiger partial charge in [-0.3, -0.25) is 14.4 Å². The summed E-state index contributed by atoms with van der Waals surface area (Å²) >= 11 is 12.1. The molecule has 1 aliphatic heterocycles. The Labute approximate surface area is 263 Å². The molecule has 0 aliphatic carbocycles. The molecule has 1 N–H and O–H groups in total. The van der Waals surface area contributed by atoms with E-state index in [1.165, 1.54) is 28.0 Å². The lowest BCUT2D eigenvalue weighted by Crippen LogP contribution is -2.59. The standard InChI is InChI=1S/C28H27Cl2F4N7O4/c1-14-10-39(11-15(2)41(14)22(42)9-37-38-35)24-20(31)7-21(45-3)25-23(24)26(43)18(12-40(25)13-28(32,33)34)27(44)36-8-16-4-5-17(29)6-19(16)30/h4-7,12,14-15H,8-11,13H2,1-3H3,(H,36,44). The summed E-state index contributed by atoms with van der Waals surface area (Å²) in [4.78, 5) is 45.5. The number of rotatable bonds is 8. The minimum Gasteiger partial charge on any atom is -0.494 e. The number of azide groups is 1. The predicted octanol–water partition coefficient (Wildman–Crippen LogP) is 5.68. The number of piperazine rings is 1. The third-order valence-electron chi connectivity index (χ3n) is 7.30. The maximum absolute atomic E-state index is 15.9. The van der Waals surface area contributed by atoms with Crippen LogP contribution in [0.5, 0.6) is 5.75 Å². The summed E-state index contributed by atoms with van der Waals surface area (Å²) in [5.74, 6) is -2.82. The van der Waals surface area contributed by atoms with Crippen LogP contribution in [0.25, 0.3) is 21.3 Å². The molecule has 4 rings (SSSR count). The molecule has 3 aromatic rings. The minimum absolute atomic E-state index is 0.0328. The molecule has 0 radical (unpaired) electrons. The summed E-state index contributed by atoms with van der Waals surface area (Å²) in [5.41, 5.74) is 6.61. The third kappa shape index (κ3) is 7.21. The van der Waals surface area contributed by atoms with E-state index in [4.69, 9.17) is 33.5 Å². The number of nitrogens with zero attached hydrogens (tertiary/aromatic N) is 6. The van der Waals surface area contributed by atoms with Gasteiger partial charge in [0, 0.05) is 58.9 Å². The maximum atomic E-state index is 15.9. The van der Waals surface area contributed by atoms with Crippen molar-refractivity contribution in [2.45, 2.75) is 45.2 Å². The van der Waals surface area contributed by atoms with Gasteiger partial charge >= 0.3 is 6.18 Å². The molecule has 17 heteroatoms. The number of nitrogens with one attached hydrogen (secondary N) is 1. The Morgan fingerprint density at radius 1 is 1.18 bits per heavy atom. The highest BCUT2D eigenvalue weighted by atomic mass is 35.5. The van der Waals surface area contributed by atoms with Crippen molar-refractivity contribution in [2.75, 3.05) is 31.6 Å². The number of halogens is 6. The fraction of sp³-hybridized carbons (Fsp3) is 0.393. The minimum atomic E-state index is -4.80. The highest BCUT2D eigenvalue weighted by molar-refractivity contribution is 6.35. The van der Waals surface area contributed by atoms with Crippen LogP contribution in [0, 0.1) is 5.82 Å². The Kier molecular flexibility index (Phi) is 10.1. The summed E-state index contributed by atoms with van der Waals surface area (Å²) in [6, 6.07) is 4.20. The van der Waals surface area contributed by atoms with E-state index in [9.17, 15) is 27.6 Å². The Hall–Kier alpha value is -4.20. The highest BCUT2D eigenvalue weighted by Gasteiger charge is 2.37. The van der Waals surface area contributed by atoms with Gasteiger partial charge in [-0.15, -0.1) is 0 Å². The van der Waals surface area contributed by atoms with Gasteiger partial charge in [-0.2, -0.15) is 13.2 Å². The number of hydrogen-bond acceptors (Lipinski definition) is 6. The number of amides is 2. The number of anilines is 1. The van der Waals surface area contributed by atoms with Gasteiger partial charge in [0.2, 0.25) is 11.3 Å². The van der Waals surface area contributed by atoms with E-state index in [0.717, 1.165) is 19.4 Å². The lowest BCUT2D eigenvalue weighted by molar-refractivity contribution is -0.140. The molecule has 0 spiro atoms. The topological polar surface area (TPSA) is 133 Å². The number of ether oxygens (including phenoxy) is 1. The maximum Gasteiger partial charge on any atom is 0.406 e. The van der Waals surface area contributed by atoms with E-state index >= 15 is 4.39 Å². The number of aromatic nitrogens is 1. The zero-order valence-corrected chi connectivity index (χ0v) is 25.7. The zero-order chi connectivity index (χ0) is 33.2. The van der Waals surface area contributed by atoms with Gasteiger partial charge in [0.05, 0.1) is 23.7 Å². The van der Waals surface area contributed by atoms with E-state index in [1.54, 1.807) is 13.8 Å². The Morgan fingerprint density at radius 2 is 1.84 bits per heavy atom. The Bertz CT molecular complexity index is 1750. The van der Waals surface area contributed by atoms with E-state index in [0.29, 0.717) is 15.2 Å². The van der Waals surface area contributed by atoms with Crippen molar-refractivity contribution in [3.8, 4) is 5.75 Å². The number of methoxy groups -OCH3 is 1. The highest BCUT2D eigenvalue weighted by Crippen LogP contribution is 2.38. The van der Waals surface area contributed by atoms with Crippen molar-refractivity contribution in [3.05, 3.63) is 78.1 Å². The van der Waals surface area contributed by atoms with E-state index in [2.05, 4.69) is 15.3 Å². The van der Waals surface area contributed by atoms with Crippen molar-refractivity contribution in [3.63, 3.8) is 0 Å². The predicted molar refractivity (Wildman–Crippen MR) is 160 cm³/mol. The molecule has 0 saturated carbocycles. The van der Waals surface area contributed by atoms with Gasteiger partial charge in [-0.25, -0.2) is 4.39 Å². The normalized spacial score (nSPS) is 16.8. The smallest absolute Gasteiger partial charge is 0.406 e.